The predicted molar refractivity (Wildman–Crippen MR) is 96.0 cm³/mol. The third kappa shape index (κ3) is 2.99. The van der Waals surface area contributed by atoms with Gasteiger partial charge in [-0.15, -0.1) is 0 Å². The van der Waals surface area contributed by atoms with Gasteiger partial charge >= 0.3 is 13.1 Å². The number of rotatable bonds is 7. The maximum absolute atomic E-state index is 12.3. The zero-order chi connectivity index (χ0) is 18.2. The minimum atomic E-state index is -1.35. The summed E-state index contributed by atoms with van der Waals surface area (Å²) in [5, 5.41) is 31.3. The molecule has 25 heavy (non-hydrogen) atoms. The molecule has 0 spiro atoms. The van der Waals surface area contributed by atoms with Gasteiger partial charge in [-0.1, -0.05) is 24.6 Å². The maximum Gasteiger partial charge on any atom is 0.451 e. The quantitative estimate of drug-likeness (QED) is 0.470. The van der Waals surface area contributed by atoms with Crippen LogP contribution in [-0.2, 0) is 22.3 Å². The van der Waals surface area contributed by atoms with Crippen LogP contribution >= 0.6 is 0 Å². The Hall–Kier alpha value is -1.41. The molecule has 136 valence electrons. The highest BCUT2D eigenvalue weighted by molar-refractivity contribution is 6.40. The summed E-state index contributed by atoms with van der Waals surface area (Å²) in [6.07, 6.45) is 5.08. The van der Waals surface area contributed by atoms with Gasteiger partial charge in [-0.2, -0.15) is 0 Å². The van der Waals surface area contributed by atoms with Gasteiger partial charge in [-0.05, 0) is 68.1 Å². The molecule has 6 nitrogen and oxygen atoms in total. The van der Waals surface area contributed by atoms with Crippen molar-refractivity contribution in [3.8, 4) is 0 Å². The minimum absolute atomic E-state index is 0.130. The summed E-state index contributed by atoms with van der Waals surface area (Å²) in [6.45, 7) is 0. The van der Waals surface area contributed by atoms with Crippen LogP contribution in [0.3, 0.4) is 0 Å². The molecule has 0 heterocycles. The fourth-order valence-electron chi connectivity index (χ4n) is 4.52. The fraction of sp³-hybridized carbons (Fsp3) is 0.611. The standard InChI is InChI=1S/C18H27BN2O4/c1-21-18(16(22)23)14(4-2-9-19(24)25)10-12-5-6-13(11-15(12)18)17(20)7-3-8-17/h5-6,11,14,21,24-25H,2-4,7-10,20H2,1H3,(H,22,23)/t14-,18+/m0/s1. The van der Waals surface area contributed by atoms with Crippen LogP contribution < -0.4 is 11.1 Å². The summed E-state index contributed by atoms with van der Waals surface area (Å²) in [5.74, 6) is -1.02. The van der Waals surface area contributed by atoms with Gasteiger partial charge in [-0.25, -0.2) is 4.79 Å². The van der Waals surface area contributed by atoms with Gasteiger partial charge in [0.05, 0.1) is 0 Å². The highest BCUT2D eigenvalue weighted by Crippen LogP contribution is 2.47. The molecule has 3 rings (SSSR count). The van der Waals surface area contributed by atoms with Crippen molar-refractivity contribution in [2.24, 2.45) is 11.7 Å². The van der Waals surface area contributed by atoms with Gasteiger partial charge in [0.15, 0.2) is 0 Å². The van der Waals surface area contributed by atoms with Gasteiger partial charge < -0.3 is 26.2 Å². The van der Waals surface area contributed by atoms with Crippen LogP contribution in [0, 0.1) is 5.92 Å². The Kier molecular flexibility index (Phi) is 4.94. The lowest BCUT2D eigenvalue weighted by molar-refractivity contribution is -0.147. The number of benzene rings is 1. The highest BCUT2D eigenvalue weighted by Gasteiger charge is 2.52. The first-order valence-corrected chi connectivity index (χ1v) is 9.04. The molecule has 2 aliphatic rings. The normalized spacial score (nSPS) is 26.8. The molecule has 2 aliphatic carbocycles. The number of aliphatic carboxylic acids is 1. The molecule has 1 aromatic carbocycles. The van der Waals surface area contributed by atoms with Gasteiger partial charge in [0.2, 0.25) is 0 Å². The maximum atomic E-state index is 12.3. The Morgan fingerprint density at radius 1 is 1.40 bits per heavy atom. The van der Waals surface area contributed by atoms with Gasteiger partial charge in [-0.3, -0.25) is 0 Å². The number of likely N-dealkylation sites (N-methyl/N-ethyl adjacent to an activating group) is 1. The van der Waals surface area contributed by atoms with Crippen LogP contribution in [0.4, 0.5) is 0 Å². The SMILES string of the molecule is CN[C@@]1(C(=O)O)c2cc(C3(N)CCC3)ccc2C[C@@H]1CCCB(O)O. The zero-order valence-corrected chi connectivity index (χ0v) is 14.7. The van der Waals surface area contributed by atoms with E-state index in [1.54, 1.807) is 7.05 Å². The van der Waals surface area contributed by atoms with E-state index in [1.165, 1.54) is 0 Å². The molecule has 0 aliphatic heterocycles. The van der Waals surface area contributed by atoms with Crippen LogP contribution in [0.2, 0.25) is 6.32 Å². The highest BCUT2D eigenvalue weighted by atomic mass is 16.4. The number of fused-ring (bicyclic) bond motifs is 1. The van der Waals surface area contributed by atoms with Gasteiger partial charge in [0.25, 0.3) is 0 Å². The lowest BCUT2D eigenvalue weighted by atomic mass is 9.71. The van der Waals surface area contributed by atoms with E-state index < -0.39 is 18.6 Å². The Labute approximate surface area is 148 Å². The smallest absolute Gasteiger partial charge is 0.451 e. The second-order valence-electron chi connectivity index (χ2n) is 7.56. The van der Waals surface area contributed by atoms with E-state index in [0.29, 0.717) is 19.3 Å². The Balaban J connectivity index is 1.94. The lowest BCUT2D eigenvalue weighted by Crippen LogP contribution is -2.51. The van der Waals surface area contributed by atoms with E-state index in [4.69, 9.17) is 15.8 Å². The van der Waals surface area contributed by atoms with Crippen molar-refractivity contribution in [1.29, 1.82) is 0 Å². The van der Waals surface area contributed by atoms with Crippen molar-refractivity contribution < 1.29 is 19.9 Å². The van der Waals surface area contributed by atoms with E-state index in [1.807, 2.05) is 18.2 Å². The van der Waals surface area contributed by atoms with E-state index >= 15 is 0 Å². The molecule has 6 N–H and O–H groups in total. The molecular weight excluding hydrogens is 319 g/mol. The van der Waals surface area contributed by atoms with Crippen LogP contribution in [0.1, 0.15) is 48.8 Å². The number of nitrogens with one attached hydrogen (secondary N) is 1. The first-order chi connectivity index (χ1) is 11.8. The molecule has 0 unspecified atom stereocenters. The Morgan fingerprint density at radius 3 is 2.64 bits per heavy atom. The van der Waals surface area contributed by atoms with Crippen molar-refractivity contribution >= 4 is 13.1 Å². The molecular formula is C18H27BN2O4. The fourth-order valence-corrected chi connectivity index (χ4v) is 4.52. The second kappa shape index (κ2) is 6.72. The average molecular weight is 346 g/mol. The van der Waals surface area contributed by atoms with Crippen LogP contribution in [0.15, 0.2) is 18.2 Å². The summed E-state index contributed by atoms with van der Waals surface area (Å²) in [4.78, 5) is 12.3. The predicted octanol–water partition coefficient (Wildman–Crippen LogP) is 0.949. The second-order valence-corrected chi connectivity index (χ2v) is 7.56. The van der Waals surface area contributed by atoms with Gasteiger partial charge in [0.1, 0.15) is 5.54 Å². The van der Waals surface area contributed by atoms with E-state index in [-0.39, 0.29) is 17.8 Å². The number of hydrogen-bond acceptors (Lipinski definition) is 5. The molecule has 1 fully saturated rings. The van der Waals surface area contributed by atoms with Gasteiger partial charge in [0, 0.05) is 5.54 Å². The topological polar surface area (TPSA) is 116 Å². The number of nitrogens with two attached hydrogens (primary N) is 1. The van der Waals surface area contributed by atoms with E-state index in [9.17, 15) is 9.90 Å². The molecule has 2 atom stereocenters. The zero-order valence-electron chi connectivity index (χ0n) is 14.7. The first kappa shape index (κ1) is 18.4. The number of carboxylic acid groups (broad SMARTS) is 1. The molecule has 1 saturated carbocycles. The van der Waals surface area contributed by atoms with Crippen molar-refractivity contribution in [2.75, 3.05) is 7.05 Å². The molecule has 1 aromatic rings. The van der Waals surface area contributed by atoms with Crippen molar-refractivity contribution in [2.45, 2.75) is 55.9 Å². The Morgan fingerprint density at radius 2 is 2.12 bits per heavy atom. The summed E-state index contributed by atoms with van der Waals surface area (Å²) in [7, 11) is 0.339. The van der Waals surface area contributed by atoms with Crippen LogP contribution in [0.25, 0.3) is 0 Å². The summed E-state index contributed by atoms with van der Waals surface area (Å²) < 4.78 is 0. The number of hydrogen-bond donors (Lipinski definition) is 5. The third-order valence-electron chi connectivity index (χ3n) is 6.18. The number of carbonyl (C=O) groups is 1. The van der Waals surface area contributed by atoms with Crippen LogP contribution in [-0.4, -0.2) is 35.3 Å². The van der Waals surface area contributed by atoms with Crippen molar-refractivity contribution in [3.63, 3.8) is 0 Å². The average Bonchev–Trinajstić information content (AvgIpc) is 2.85. The lowest BCUT2D eigenvalue weighted by Gasteiger charge is -2.39. The molecule has 0 radical (unpaired) electrons. The van der Waals surface area contributed by atoms with Crippen molar-refractivity contribution in [1.82, 2.24) is 5.32 Å². The van der Waals surface area contributed by atoms with E-state index in [2.05, 4.69) is 5.32 Å². The number of carboxylic acids is 1. The minimum Gasteiger partial charge on any atom is -0.480 e. The largest absolute Gasteiger partial charge is 0.480 e. The monoisotopic (exact) mass is 346 g/mol. The summed E-state index contributed by atoms with van der Waals surface area (Å²) in [6, 6.07) is 6.05. The van der Waals surface area contributed by atoms with Crippen LogP contribution in [0.5, 0.6) is 0 Å². The molecule has 7 heteroatoms. The van der Waals surface area contributed by atoms with Crippen molar-refractivity contribution in [3.05, 3.63) is 34.9 Å². The first-order valence-electron chi connectivity index (χ1n) is 9.04. The molecule has 0 bridgehead atoms. The summed E-state index contributed by atoms with van der Waals surface area (Å²) in [5.41, 5.74) is 7.84. The molecule has 0 saturated heterocycles. The molecule has 0 amide bonds. The summed E-state index contributed by atoms with van der Waals surface area (Å²) >= 11 is 0. The Bertz CT molecular complexity index is 662. The molecule has 0 aromatic heterocycles. The third-order valence-corrected chi connectivity index (χ3v) is 6.18. The van der Waals surface area contributed by atoms with E-state index in [0.717, 1.165) is 36.0 Å².